The minimum absolute atomic E-state index is 0.158. The molecule has 5 nitrogen and oxygen atoms in total. The standard InChI is InChI=1S/C17H12F2N4O/c18-12-2-1-10(7-13(12)19)14-8-11(3-4-20-14)15-9-16-17(24)21-5-6-23(16)22-15/h1-4,7-9H,5-6H2,(H,21,24). The number of hydrogen-bond donors (Lipinski definition) is 1. The van der Waals surface area contributed by atoms with E-state index in [2.05, 4.69) is 15.4 Å². The van der Waals surface area contributed by atoms with Gasteiger partial charge in [-0.25, -0.2) is 8.78 Å². The summed E-state index contributed by atoms with van der Waals surface area (Å²) in [6.45, 7) is 1.16. The van der Waals surface area contributed by atoms with Gasteiger partial charge >= 0.3 is 0 Å². The first-order valence-corrected chi connectivity index (χ1v) is 7.40. The van der Waals surface area contributed by atoms with Crippen LogP contribution >= 0.6 is 0 Å². The van der Waals surface area contributed by atoms with Crippen molar-refractivity contribution >= 4 is 5.91 Å². The van der Waals surface area contributed by atoms with Crippen LogP contribution in [0.5, 0.6) is 0 Å². The van der Waals surface area contributed by atoms with Crippen molar-refractivity contribution in [2.24, 2.45) is 0 Å². The molecule has 0 aliphatic carbocycles. The zero-order valence-electron chi connectivity index (χ0n) is 12.5. The predicted molar refractivity (Wildman–Crippen MR) is 83.1 cm³/mol. The molecule has 4 rings (SSSR count). The third kappa shape index (κ3) is 2.44. The number of nitrogens with one attached hydrogen (secondary N) is 1. The Morgan fingerprint density at radius 2 is 1.83 bits per heavy atom. The van der Waals surface area contributed by atoms with Crippen molar-refractivity contribution in [2.45, 2.75) is 6.54 Å². The summed E-state index contributed by atoms with van der Waals surface area (Å²) in [5, 5.41) is 7.19. The van der Waals surface area contributed by atoms with Crippen molar-refractivity contribution in [1.29, 1.82) is 0 Å². The summed E-state index contributed by atoms with van der Waals surface area (Å²) in [4.78, 5) is 16.0. The molecule has 0 fully saturated rings. The van der Waals surface area contributed by atoms with Gasteiger partial charge in [-0.05, 0) is 36.4 Å². The van der Waals surface area contributed by atoms with Crippen LogP contribution in [0.15, 0.2) is 42.6 Å². The van der Waals surface area contributed by atoms with Crippen molar-refractivity contribution in [3.8, 4) is 22.5 Å². The van der Waals surface area contributed by atoms with Crippen molar-refractivity contribution in [3.63, 3.8) is 0 Å². The number of hydrogen-bond acceptors (Lipinski definition) is 3. The Labute approximate surface area is 136 Å². The van der Waals surface area contributed by atoms with Gasteiger partial charge in [-0.3, -0.25) is 14.5 Å². The SMILES string of the molecule is O=C1NCCn2nc(-c3ccnc(-c4ccc(F)c(F)c4)c3)cc21. The van der Waals surface area contributed by atoms with Gasteiger partial charge in [0.15, 0.2) is 11.6 Å². The van der Waals surface area contributed by atoms with E-state index in [0.29, 0.717) is 35.7 Å². The zero-order valence-corrected chi connectivity index (χ0v) is 12.5. The Morgan fingerprint density at radius 3 is 2.62 bits per heavy atom. The van der Waals surface area contributed by atoms with Crippen LogP contribution in [-0.2, 0) is 6.54 Å². The van der Waals surface area contributed by atoms with Crippen LogP contribution in [0.4, 0.5) is 8.78 Å². The van der Waals surface area contributed by atoms with Crippen LogP contribution in [0.25, 0.3) is 22.5 Å². The molecule has 0 radical (unpaired) electrons. The Balaban J connectivity index is 1.75. The lowest BCUT2D eigenvalue weighted by Gasteiger charge is -2.13. The van der Waals surface area contributed by atoms with E-state index in [1.807, 2.05) is 0 Å². The molecule has 120 valence electrons. The molecule has 2 aromatic heterocycles. The number of nitrogens with zero attached hydrogens (tertiary/aromatic N) is 3. The number of benzene rings is 1. The summed E-state index contributed by atoms with van der Waals surface area (Å²) >= 11 is 0. The van der Waals surface area contributed by atoms with Crippen LogP contribution in [-0.4, -0.2) is 27.2 Å². The van der Waals surface area contributed by atoms with E-state index in [1.54, 1.807) is 29.1 Å². The fourth-order valence-electron chi connectivity index (χ4n) is 2.68. The monoisotopic (exact) mass is 326 g/mol. The van der Waals surface area contributed by atoms with Crippen molar-refractivity contribution in [1.82, 2.24) is 20.1 Å². The Bertz CT molecular complexity index is 952. The van der Waals surface area contributed by atoms with E-state index in [-0.39, 0.29) is 5.91 Å². The number of carbonyl (C=O) groups is 1. The van der Waals surface area contributed by atoms with E-state index < -0.39 is 11.6 Å². The minimum Gasteiger partial charge on any atom is -0.349 e. The Kier molecular flexibility index (Phi) is 3.34. The van der Waals surface area contributed by atoms with Crippen LogP contribution in [0, 0.1) is 11.6 Å². The van der Waals surface area contributed by atoms with Gasteiger partial charge in [-0.15, -0.1) is 0 Å². The van der Waals surface area contributed by atoms with Crippen LogP contribution in [0.2, 0.25) is 0 Å². The van der Waals surface area contributed by atoms with Gasteiger partial charge in [-0.1, -0.05) is 0 Å². The summed E-state index contributed by atoms with van der Waals surface area (Å²) < 4.78 is 28.2. The second kappa shape index (κ2) is 5.52. The summed E-state index contributed by atoms with van der Waals surface area (Å²) in [7, 11) is 0. The summed E-state index contributed by atoms with van der Waals surface area (Å²) in [5.74, 6) is -1.98. The van der Waals surface area contributed by atoms with E-state index in [4.69, 9.17) is 0 Å². The van der Waals surface area contributed by atoms with Gasteiger partial charge in [0.05, 0.1) is 17.9 Å². The maximum absolute atomic E-state index is 13.4. The third-order valence-electron chi connectivity index (χ3n) is 3.89. The van der Waals surface area contributed by atoms with Gasteiger partial charge in [0.2, 0.25) is 0 Å². The maximum atomic E-state index is 13.4. The molecule has 0 atom stereocenters. The highest BCUT2D eigenvalue weighted by atomic mass is 19.2. The van der Waals surface area contributed by atoms with Gasteiger partial charge in [0.25, 0.3) is 5.91 Å². The zero-order chi connectivity index (χ0) is 16.7. The second-order valence-corrected chi connectivity index (χ2v) is 5.45. The molecule has 1 aliphatic heterocycles. The molecular weight excluding hydrogens is 314 g/mol. The molecule has 0 saturated heterocycles. The highest BCUT2D eigenvalue weighted by Gasteiger charge is 2.20. The first-order valence-electron chi connectivity index (χ1n) is 7.40. The summed E-state index contributed by atoms with van der Waals surface area (Å²) in [6.07, 6.45) is 1.57. The first kappa shape index (κ1) is 14.5. The number of rotatable bonds is 2. The Hall–Kier alpha value is -3.09. The molecule has 1 aromatic carbocycles. The van der Waals surface area contributed by atoms with Gasteiger partial charge < -0.3 is 5.32 Å². The molecule has 3 aromatic rings. The quantitative estimate of drug-likeness (QED) is 0.787. The van der Waals surface area contributed by atoms with Gasteiger partial charge in [0, 0.05) is 23.9 Å². The van der Waals surface area contributed by atoms with E-state index in [9.17, 15) is 13.6 Å². The molecule has 1 amide bonds. The molecule has 0 saturated carbocycles. The first-order chi connectivity index (χ1) is 11.6. The lowest BCUT2D eigenvalue weighted by Crippen LogP contribution is -2.35. The molecule has 0 unspecified atom stereocenters. The van der Waals surface area contributed by atoms with E-state index in [1.165, 1.54) is 6.07 Å². The van der Waals surface area contributed by atoms with Crippen molar-refractivity contribution in [2.75, 3.05) is 6.54 Å². The van der Waals surface area contributed by atoms with Crippen molar-refractivity contribution < 1.29 is 13.6 Å². The predicted octanol–water partition coefficient (Wildman–Crippen LogP) is 2.63. The highest BCUT2D eigenvalue weighted by molar-refractivity contribution is 5.94. The number of halogens is 2. The highest BCUT2D eigenvalue weighted by Crippen LogP contribution is 2.26. The molecule has 1 N–H and O–H groups in total. The normalized spacial score (nSPS) is 13.5. The Morgan fingerprint density at radius 1 is 1.00 bits per heavy atom. The lowest BCUT2D eigenvalue weighted by molar-refractivity contribution is 0.0924. The number of aromatic nitrogens is 3. The number of amides is 1. The largest absolute Gasteiger partial charge is 0.349 e. The molecule has 1 aliphatic rings. The van der Waals surface area contributed by atoms with Gasteiger partial charge in [0.1, 0.15) is 5.69 Å². The molecule has 3 heterocycles. The smallest absolute Gasteiger partial charge is 0.269 e. The molecular formula is C17H12F2N4O. The average molecular weight is 326 g/mol. The summed E-state index contributed by atoms with van der Waals surface area (Å²) in [6, 6.07) is 8.84. The molecule has 7 heteroatoms. The van der Waals surface area contributed by atoms with Crippen LogP contribution < -0.4 is 5.32 Å². The van der Waals surface area contributed by atoms with E-state index >= 15 is 0 Å². The lowest BCUT2D eigenvalue weighted by atomic mass is 10.1. The maximum Gasteiger partial charge on any atom is 0.269 e. The van der Waals surface area contributed by atoms with Gasteiger partial charge in [-0.2, -0.15) is 5.10 Å². The topological polar surface area (TPSA) is 59.8 Å². The molecule has 0 spiro atoms. The molecule has 24 heavy (non-hydrogen) atoms. The van der Waals surface area contributed by atoms with E-state index in [0.717, 1.165) is 17.7 Å². The minimum atomic E-state index is -0.922. The molecule has 0 bridgehead atoms. The third-order valence-corrected chi connectivity index (χ3v) is 3.89. The fourth-order valence-corrected chi connectivity index (χ4v) is 2.68. The van der Waals surface area contributed by atoms with Crippen LogP contribution in [0.3, 0.4) is 0 Å². The van der Waals surface area contributed by atoms with Crippen molar-refractivity contribution in [3.05, 3.63) is 59.9 Å². The number of carbonyl (C=O) groups excluding carboxylic acids is 1. The second-order valence-electron chi connectivity index (χ2n) is 5.45. The van der Waals surface area contributed by atoms with Crippen LogP contribution in [0.1, 0.15) is 10.5 Å². The average Bonchev–Trinajstić information content (AvgIpc) is 3.03. The number of fused-ring (bicyclic) bond motifs is 1. The fraction of sp³-hybridized carbons (Fsp3) is 0.118. The summed E-state index contributed by atoms with van der Waals surface area (Å²) in [5.41, 5.74) is 2.86. The number of pyridine rings is 1.